The molecule has 0 bridgehead atoms. The van der Waals surface area contributed by atoms with Crippen LogP contribution in [0.25, 0.3) is 0 Å². The van der Waals surface area contributed by atoms with E-state index in [1.54, 1.807) is 0 Å². The van der Waals surface area contributed by atoms with Crippen molar-refractivity contribution in [3.05, 3.63) is 35.9 Å². The second kappa shape index (κ2) is 7.50. The highest BCUT2D eigenvalue weighted by molar-refractivity contribution is 6.24. The lowest BCUT2D eigenvalue weighted by molar-refractivity contribution is -0.107. The Hall–Kier alpha value is -0.820. The van der Waals surface area contributed by atoms with Gasteiger partial charge >= 0.3 is 0 Å². The fourth-order valence-electron chi connectivity index (χ4n) is 2.14. The highest BCUT2D eigenvalue weighted by atomic mass is 35.5. The van der Waals surface area contributed by atoms with Gasteiger partial charge in [0.15, 0.2) is 0 Å². The van der Waals surface area contributed by atoms with Crippen LogP contribution in [-0.2, 0) is 9.67 Å². The number of hydrogen-bond donors (Lipinski definition) is 0. The molecule has 2 heteroatoms. The Morgan fingerprint density at radius 1 is 1.18 bits per heavy atom. The molecule has 0 heterocycles. The van der Waals surface area contributed by atoms with E-state index in [0.29, 0.717) is 6.42 Å². The number of aldehydes is 1. The maximum absolute atomic E-state index is 9.17. The van der Waals surface area contributed by atoms with Gasteiger partial charge in [0.1, 0.15) is 6.29 Å². The standard InChI is InChI=1S/C12H15Cl.C3H6O/c13-12(9-5-2-6-10-12)11-7-3-1-4-8-11;1-2-3-4/h1,3-4,7-8H,2,5-6,9-10H2;3H,2H2,1H3. The molecule has 0 aromatic heterocycles. The van der Waals surface area contributed by atoms with Crippen molar-refractivity contribution in [1.82, 2.24) is 0 Å². The maximum Gasteiger partial charge on any atom is 0.119 e. The summed E-state index contributed by atoms with van der Waals surface area (Å²) in [6, 6.07) is 10.5. The first kappa shape index (κ1) is 14.2. The van der Waals surface area contributed by atoms with E-state index in [0.717, 1.165) is 19.1 Å². The van der Waals surface area contributed by atoms with Crippen LogP contribution in [0.3, 0.4) is 0 Å². The van der Waals surface area contributed by atoms with Crippen LogP contribution in [0, 0.1) is 0 Å². The van der Waals surface area contributed by atoms with Gasteiger partial charge in [0, 0.05) is 6.42 Å². The van der Waals surface area contributed by atoms with Gasteiger partial charge in [0.25, 0.3) is 0 Å². The normalized spacial score (nSPS) is 17.8. The Morgan fingerprint density at radius 3 is 2.18 bits per heavy atom. The minimum absolute atomic E-state index is 0.0560. The number of carbonyl (C=O) groups is 1. The van der Waals surface area contributed by atoms with Crippen LogP contribution >= 0.6 is 11.6 Å². The molecule has 0 spiro atoms. The Balaban J connectivity index is 0.000000317. The number of benzene rings is 1. The predicted octanol–water partition coefficient (Wildman–Crippen LogP) is 4.68. The van der Waals surface area contributed by atoms with E-state index in [-0.39, 0.29) is 4.87 Å². The summed E-state index contributed by atoms with van der Waals surface area (Å²) in [5.41, 5.74) is 1.30. The molecule has 1 nitrogen and oxygen atoms in total. The molecule has 0 N–H and O–H groups in total. The van der Waals surface area contributed by atoms with Crippen molar-refractivity contribution < 1.29 is 4.79 Å². The zero-order valence-corrected chi connectivity index (χ0v) is 11.2. The van der Waals surface area contributed by atoms with Crippen LogP contribution < -0.4 is 0 Å². The summed E-state index contributed by atoms with van der Waals surface area (Å²) >= 11 is 6.60. The van der Waals surface area contributed by atoms with E-state index in [1.807, 2.05) is 13.0 Å². The largest absolute Gasteiger partial charge is 0.303 e. The maximum atomic E-state index is 9.17. The number of alkyl halides is 1. The molecule has 94 valence electrons. The Bertz CT molecular complexity index is 315. The van der Waals surface area contributed by atoms with Gasteiger partial charge in [-0.3, -0.25) is 0 Å². The van der Waals surface area contributed by atoms with Crippen molar-refractivity contribution in [2.24, 2.45) is 0 Å². The molecular weight excluding hydrogens is 232 g/mol. The van der Waals surface area contributed by atoms with Gasteiger partial charge in [0.05, 0.1) is 4.87 Å². The van der Waals surface area contributed by atoms with Crippen LogP contribution in [0.5, 0.6) is 0 Å². The second-order valence-electron chi connectivity index (χ2n) is 4.47. The molecule has 0 amide bonds. The quantitative estimate of drug-likeness (QED) is 0.552. The summed E-state index contributed by atoms with van der Waals surface area (Å²) in [4.78, 5) is 9.12. The van der Waals surface area contributed by atoms with E-state index in [1.165, 1.54) is 24.8 Å². The summed E-state index contributed by atoms with van der Waals surface area (Å²) < 4.78 is 0. The van der Waals surface area contributed by atoms with Crippen LogP contribution in [-0.4, -0.2) is 6.29 Å². The molecule has 2 rings (SSSR count). The summed E-state index contributed by atoms with van der Waals surface area (Å²) in [5.74, 6) is 0. The average molecular weight is 253 g/mol. The molecule has 1 saturated carbocycles. The summed E-state index contributed by atoms with van der Waals surface area (Å²) in [6.07, 6.45) is 7.69. The highest BCUT2D eigenvalue weighted by Crippen LogP contribution is 2.42. The van der Waals surface area contributed by atoms with E-state index in [4.69, 9.17) is 11.6 Å². The number of hydrogen-bond acceptors (Lipinski definition) is 1. The third-order valence-corrected chi connectivity index (χ3v) is 3.70. The zero-order valence-electron chi connectivity index (χ0n) is 10.5. The third kappa shape index (κ3) is 4.51. The molecule has 0 aliphatic heterocycles. The van der Waals surface area contributed by atoms with Crippen molar-refractivity contribution in [2.45, 2.75) is 50.3 Å². The van der Waals surface area contributed by atoms with Gasteiger partial charge in [0.2, 0.25) is 0 Å². The monoisotopic (exact) mass is 252 g/mol. The van der Waals surface area contributed by atoms with Gasteiger partial charge in [-0.05, 0) is 18.4 Å². The summed E-state index contributed by atoms with van der Waals surface area (Å²) in [7, 11) is 0. The molecule has 1 aliphatic rings. The van der Waals surface area contributed by atoms with Gasteiger partial charge in [-0.2, -0.15) is 0 Å². The third-order valence-electron chi connectivity index (χ3n) is 3.10. The smallest absolute Gasteiger partial charge is 0.119 e. The van der Waals surface area contributed by atoms with Gasteiger partial charge in [-0.25, -0.2) is 0 Å². The molecule has 0 saturated heterocycles. The zero-order chi connectivity index (χ0) is 12.6. The first-order valence-corrected chi connectivity index (χ1v) is 6.79. The van der Waals surface area contributed by atoms with Crippen LogP contribution in [0.1, 0.15) is 51.0 Å². The van der Waals surface area contributed by atoms with E-state index >= 15 is 0 Å². The van der Waals surface area contributed by atoms with E-state index < -0.39 is 0 Å². The second-order valence-corrected chi connectivity index (χ2v) is 5.19. The van der Waals surface area contributed by atoms with Crippen LogP contribution in [0.15, 0.2) is 30.3 Å². The van der Waals surface area contributed by atoms with Crippen LogP contribution in [0.4, 0.5) is 0 Å². The highest BCUT2D eigenvalue weighted by Gasteiger charge is 2.30. The van der Waals surface area contributed by atoms with Crippen molar-refractivity contribution in [3.63, 3.8) is 0 Å². The topological polar surface area (TPSA) is 17.1 Å². The van der Waals surface area contributed by atoms with E-state index in [9.17, 15) is 4.79 Å². The number of rotatable bonds is 2. The first-order chi connectivity index (χ1) is 8.23. The molecule has 17 heavy (non-hydrogen) atoms. The fraction of sp³-hybridized carbons (Fsp3) is 0.533. The Labute approximate surface area is 109 Å². The predicted molar refractivity (Wildman–Crippen MR) is 73.4 cm³/mol. The Kier molecular flexibility index (Phi) is 6.28. The van der Waals surface area contributed by atoms with Crippen molar-refractivity contribution >= 4 is 17.9 Å². The molecule has 1 fully saturated rings. The lowest BCUT2D eigenvalue weighted by Gasteiger charge is -2.31. The molecule has 0 atom stereocenters. The van der Waals surface area contributed by atoms with Gasteiger partial charge < -0.3 is 4.79 Å². The van der Waals surface area contributed by atoms with Crippen LogP contribution in [0.2, 0.25) is 0 Å². The lowest BCUT2D eigenvalue weighted by Crippen LogP contribution is -2.21. The minimum atomic E-state index is -0.0560. The molecule has 0 unspecified atom stereocenters. The van der Waals surface area contributed by atoms with E-state index in [2.05, 4.69) is 24.3 Å². The first-order valence-electron chi connectivity index (χ1n) is 6.41. The fourth-order valence-corrected chi connectivity index (χ4v) is 2.53. The van der Waals surface area contributed by atoms with Crippen molar-refractivity contribution in [2.75, 3.05) is 0 Å². The summed E-state index contributed by atoms with van der Waals surface area (Å²) in [6.45, 7) is 1.81. The van der Waals surface area contributed by atoms with Gasteiger partial charge in [-0.15, -0.1) is 11.6 Å². The summed E-state index contributed by atoms with van der Waals surface area (Å²) in [5, 5.41) is 0. The van der Waals surface area contributed by atoms with Crippen molar-refractivity contribution in [3.8, 4) is 0 Å². The average Bonchev–Trinajstić information content (AvgIpc) is 2.41. The van der Waals surface area contributed by atoms with Gasteiger partial charge in [-0.1, -0.05) is 56.5 Å². The molecule has 1 aliphatic carbocycles. The number of halogens is 1. The Morgan fingerprint density at radius 2 is 1.71 bits per heavy atom. The van der Waals surface area contributed by atoms with Crippen molar-refractivity contribution in [1.29, 1.82) is 0 Å². The number of carbonyl (C=O) groups excluding carboxylic acids is 1. The molecule has 1 aromatic rings. The molecular formula is C15H21ClO. The molecule has 0 radical (unpaired) electrons. The SMILES string of the molecule is CCC=O.ClC1(c2ccccc2)CCCCC1. The lowest BCUT2D eigenvalue weighted by atomic mass is 9.83. The molecule has 1 aromatic carbocycles. The minimum Gasteiger partial charge on any atom is -0.303 e.